The van der Waals surface area contributed by atoms with Gasteiger partial charge in [-0.3, -0.25) is 0 Å². The maximum absolute atomic E-state index is 10.8. The standard InChI is InChI=1S/C11H10N4O2S/c12-9-10(14-5-4-13-9)18-6-7-2-1-3-8(15-7)11(16)17/h1-5H,6H2,(H2,12,13)(H,16,17). The molecule has 0 aliphatic carbocycles. The van der Waals surface area contributed by atoms with Crippen LogP contribution in [0.4, 0.5) is 5.82 Å². The first-order valence-corrected chi connectivity index (χ1v) is 6.04. The fourth-order valence-electron chi connectivity index (χ4n) is 1.27. The van der Waals surface area contributed by atoms with E-state index >= 15 is 0 Å². The van der Waals surface area contributed by atoms with Gasteiger partial charge >= 0.3 is 5.97 Å². The summed E-state index contributed by atoms with van der Waals surface area (Å²) in [5.74, 6) is -0.193. The van der Waals surface area contributed by atoms with E-state index in [1.54, 1.807) is 18.3 Å². The maximum atomic E-state index is 10.8. The molecule has 2 rings (SSSR count). The molecule has 6 nitrogen and oxygen atoms in total. The second-order valence-electron chi connectivity index (χ2n) is 3.35. The highest BCUT2D eigenvalue weighted by Crippen LogP contribution is 2.23. The van der Waals surface area contributed by atoms with Gasteiger partial charge in [0.1, 0.15) is 10.7 Å². The summed E-state index contributed by atoms with van der Waals surface area (Å²) in [4.78, 5) is 22.8. The van der Waals surface area contributed by atoms with Crippen molar-refractivity contribution in [2.75, 3.05) is 5.73 Å². The Bertz CT molecular complexity index is 576. The zero-order chi connectivity index (χ0) is 13.0. The van der Waals surface area contributed by atoms with Crippen LogP contribution < -0.4 is 5.73 Å². The number of thioether (sulfide) groups is 1. The molecule has 0 atom stereocenters. The molecule has 7 heteroatoms. The van der Waals surface area contributed by atoms with Crippen molar-refractivity contribution in [3.63, 3.8) is 0 Å². The van der Waals surface area contributed by atoms with E-state index < -0.39 is 5.97 Å². The number of carboxylic acid groups (broad SMARTS) is 1. The van der Waals surface area contributed by atoms with Crippen LogP contribution in [0.1, 0.15) is 16.2 Å². The lowest BCUT2D eigenvalue weighted by Gasteiger charge is -2.03. The third-order valence-corrected chi connectivity index (χ3v) is 3.10. The number of hydrogen-bond donors (Lipinski definition) is 2. The first kappa shape index (κ1) is 12.3. The molecule has 2 aromatic heterocycles. The largest absolute Gasteiger partial charge is 0.477 e. The highest BCUT2D eigenvalue weighted by molar-refractivity contribution is 7.98. The van der Waals surface area contributed by atoms with Crippen LogP contribution in [0.25, 0.3) is 0 Å². The molecule has 0 spiro atoms. The predicted octanol–water partition coefficient (Wildman–Crippen LogP) is 1.44. The summed E-state index contributed by atoms with van der Waals surface area (Å²) in [5.41, 5.74) is 6.34. The lowest BCUT2D eigenvalue weighted by Crippen LogP contribution is -2.02. The van der Waals surface area contributed by atoms with Crippen molar-refractivity contribution >= 4 is 23.5 Å². The smallest absolute Gasteiger partial charge is 0.354 e. The molecule has 18 heavy (non-hydrogen) atoms. The Labute approximate surface area is 107 Å². The molecule has 0 saturated carbocycles. The third kappa shape index (κ3) is 2.95. The Morgan fingerprint density at radius 3 is 2.83 bits per heavy atom. The molecule has 92 valence electrons. The number of rotatable bonds is 4. The van der Waals surface area contributed by atoms with Crippen LogP contribution in [0.15, 0.2) is 35.6 Å². The van der Waals surface area contributed by atoms with Crippen molar-refractivity contribution in [1.29, 1.82) is 0 Å². The van der Waals surface area contributed by atoms with Crippen LogP contribution in [-0.2, 0) is 5.75 Å². The average molecular weight is 262 g/mol. The molecular weight excluding hydrogens is 252 g/mol. The molecule has 2 aromatic rings. The SMILES string of the molecule is Nc1nccnc1SCc1cccc(C(=O)O)n1. The number of nitrogens with zero attached hydrogens (tertiary/aromatic N) is 3. The van der Waals surface area contributed by atoms with Crippen LogP contribution in [0.2, 0.25) is 0 Å². The second kappa shape index (κ2) is 5.46. The van der Waals surface area contributed by atoms with Crippen LogP contribution in [0.3, 0.4) is 0 Å². The minimum Gasteiger partial charge on any atom is -0.477 e. The number of nitrogen functional groups attached to an aromatic ring is 1. The first-order valence-electron chi connectivity index (χ1n) is 5.05. The molecular formula is C11H10N4O2S. The van der Waals surface area contributed by atoms with Gasteiger partial charge in [-0.15, -0.1) is 0 Å². The summed E-state index contributed by atoms with van der Waals surface area (Å²) >= 11 is 1.37. The molecule has 0 aliphatic heterocycles. The number of pyridine rings is 1. The highest BCUT2D eigenvalue weighted by atomic mass is 32.2. The van der Waals surface area contributed by atoms with Crippen molar-refractivity contribution in [3.05, 3.63) is 42.0 Å². The van der Waals surface area contributed by atoms with Crippen LogP contribution in [0.5, 0.6) is 0 Å². The fourth-order valence-corrected chi connectivity index (χ4v) is 2.05. The normalized spacial score (nSPS) is 10.2. The van der Waals surface area contributed by atoms with E-state index in [1.165, 1.54) is 24.0 Å². The molecule has 0 bridgehead atoms. The van der Waals surface area contributed by atoms with Gasteiger partial charge in [-0.2, -0.15) is 0 Å². The summed E-state index contributed by atoms with van der Waals surface area (Å²) in [5, 5.41) is 9.44. The van der Waals surface area contributed by atoms with Crippen LogP contribution in [-0.4, -0.2) is 26.0 Å². The topological polar surface area (TPSA) is 102 Å². The van der Waals surface area contributed by atoms with E-state index in [2.05, 4.69) is 15.0 Å². The van der Waals surface area contributed by atoms with Gasteiger partial charge in [-0.1, -0.05) is 17.8 Å². The Morgan fingerprint density at radius 2 is 2.11 bits per heavy atom. The van der Waals surface area contributed by atoms with E-state index in [9.17, 15) is 4.79 Å². The van der Waals surface area contributed by atoms with Crippen molar-refractivity contribution in [2.45, 2.75) is 10.8 Å². The number of nitrogens with two attached hydrogens (primary N) is 1. The van der Waals surface area contributed by atoms with E-state index in [0.29, 0.717) is 22.3 Å². The van der Waals surface area contributed by atoms with Gasteiger partial charge in [0.05, 0.1) is 5.69 Å². The molecule has 0 amide bonds. The Hall–Kier alpha value is -2.15. The minimum absolute atomic E-state index is 0.0280. The van der Waals surface area contributed by atoms with Crippen LogP contribution in [0, 0.1) is 0 Å². The van der Waals surface area contributed by atoms with Gasteiger partial charge < -0.3 is 10.8 Å². The summed E-state index contributed by atoms with van der Waals surface area (Å²) in [6.45, 7) is 0. The maximum Gasteiger partial charge on any atom is 0.354 e. The number of carboxylic acids is 1. The molecule has 3 N–H and O–H groups in total. The van der Waals surface area contributed by atoms with Crippen molar-refractivity contribution in [1.82, 2.24) is 15.0 Å². The number of aromatic carboxylic acids is 1. The van der Waals surface area contributed by atoms with Gasteiger partial charge in [-0.05, 0) is 12.1 Å². The molecule has 0 saturated heterocycles. The Kier molecular flexibility index (Phi) is 3.73. The molecule has 0 unspecified atom stereocenters. The van der Waals surface area contributed by atoms with Gasteiger partial charge in [0.15, 0.2) is 5.82 Å². The predicted molar refractivity (Wildman–Crippen MR) is 67.2 cm³/mol. The van der Waals surface area contributed by atoms with Crippen molar-refractivity contribution < 1.29 is 9.90 Å². The number of carbonyl (C=O) groups is 1. The molecule has 2 heterocycles. The van der Waals surface area contributed by atoms with Gasteiger partial charge in [0.25, 0.3) is 0 Å². The Morgan fingerprint density at radius 1 is 1.33 bits per heavy atom. The molecule has 0 aromatic carbocycles. The van der Waals surface area contributed by atoms with E-state index in [0.717, 1.165) is 0 Å². The fraction of sp³-hybridized carbons (Fsp3) is 0.0909. The monoisotopic (exact) mass is 262 g/mol. The highest BCUT2D eigenvalue weighted by Gasteiger charge is 2.07. The third-order valence-electron chi connectivity index (χ3n) is 2.07. The zero-order valence-corrected chi connectivity index (χ0v) is 10.1. The number of hydrogen-bond acceptors (Lipinski definition) is 6. The quantitative estimate of drug-likeness (QED) is 0.804. The number of aromatic nitrogens is 3. The van der Waals surface area contributed by atoms with Crippen LogP contribution >= 0.6 is 11.8 Å². The Balaban J connectivity index is 2.09. The summed E-state index contributed by atoms with van der Waals surface area (Å²) in [6, 6.07) is 4.87. The second-order valence-corrected chi connectivity index (χ2v) is 4.32. The molecule has 0 aliphatic rings. The lowest BCUT2D eigenvalue weighted by atomic mass is 10.3. The average Bonchev–Trinajstić information content (AvgIpc) is 2.38. The van der Waals surface area contributed by atoms with E-state index in [4.69, 9.17) is 10.8 Å². The summed E-state index contributed by atoms with van der Waals surface area (Å²) in [7, 11) is 0. The van der Waals surface area contributed by atoms with Gasteiger partial charge in [0.2, 0.25) is 0 Å². The molecule has 0 fully saturated rings. The zero-order valence-electron chi connectivity index (χ0n) is 9.28. The minimum atomic E-state index is -1.04. The van der Waals surface area contributed by atoms with Gasteiger partial charge in [-0.25, -0.2) is 19.7 Å². The lowest BCUT2D eigenvalue weighted by molar-refractivity contribution is 0.0690. The van der Waals surface area contributed by atoms with E-state index in [1.807, 2.05) is 0 Å². The molecule has 0 radical (unpaired) electrons. The van der Waals surface area contributed by atoms with Gasteiger partial charge in [0, 0.05) is 18.1 Å². The number of anilines is 1. The van der Waals surface area contributed by atoms with Crippen molar-refractivity contribution in [3.8, 4) is 0 Å². The van der Waals surface area contributed by atoms with E-state index in [-0.39, 0.29) is 5.69 Å². The first-order chi connectivity index (χ1) is 8.66. The summed E-state index contributed by atoms with van der Waals surface area (Å²) in [6.07, 6.45) is 3.07. The van der Waals surface area contributed by atoms with Crippen molar-refractivity contribution in [2.24, 2.45) is 0 Å². The summed E-state index contributed by atoms with van der Waals surface area (Å²) < 4.78 is 0.